The molecule has 82 valence electrons. The number of nitrogens with two attached hydrogens (primary N) is 1. The topological polar surface area (TPSA) is 50.4 Å². The highest BCUT2D eigenvalue weighted by Gasteiger charge is 2.45. The molecule has 0 radical (unpaired) electrons. The zero-order valence-corrected chi connectivity index (χ0v) is 8.77. The smallest absolute Gasteiger partial charge is 0.252 e. The van der Waals surface area contributed by atoms with Crippen LogP contribution in [-0.2, 0) is 0 Å². The van der Waals surface area contributed by atoms with E-state index in [9.17, 15) is 8.78 Å². The van der Waals surface area contributed by atoms with Gasteiger partial charge in [-0.15, -0.1) is 0 Å². The first kappa shape index (κ1) is 11.2. The van der Waals surface area contributed by atoms with Crippen molar-refractivity contribution in [3.63, 3.8) is 0 Å². The van der Waals surface area contributed by atoms with Crippen LogP contribution in [0.3, 0.4) is 0 Å². The first-order valence-electron chi connectivity index (χ1n) is 4.67. The van der Waals surface area contributed by atoms with Gasteiger partial charge in [-0.05, 0) is 20.8 Å². The maximum absolute atomic E-state index is 12.4. The summed E-state index contributed by atoms with van der Waals surface area (Å²) in [7, 11) is 0. The fraction of sp³-hybridized carbons (Fsp3) is 0.889. The number of nitrogens with one attached hydrogen (secondary N) is 1. The van der Waals surface area contributed by atoms with Gasteiger partial charge in [0.1, 0.15) is 0 Å². The molecule has 5 heteroatoms. The fourth-order valence-corrected chi connectivity index (χ4v) is 1.33. The number of alkyl halides is 2. The SMILES string of the molecule is CC(C)(C)NC(N)=NC1CC(F)(F)C1. The Kier molecular flexibility index (Phi) is 2.69. The lowest BCUT2D eigenvalue weighted by Crippen LogP contribution is -2.47. The van der Waals surface area contributed by atoms with E-state index in [0.29, 0.717) is 0 Å². The molecule has 0 spiro atoms. The maximum Gasteiger partial charge on any atom is 0.252 e. The highest BCUT2D eigenvalue weighted by molar-refractivity contribution is 5.78. The Hall–Kier alpha value is -0.870. The molecule has 0 amide bonds. The van der Waals surface area contributed by atoms with E-state index in [1.54, 1.807) is 0 Å². The lowest BCUT2D eigenvalue weighted by Gasteiger charge is -2.32. The van der Waals surface area contributed by atoms with Crippen molar-refractivity contribution < 1.29 is 8.78 Å². The van der Waals surface area contributed by atoms with Crippen molar-refractivity contribution in [2.45, 2.75) is 51.1 Å². The molecule has 3 nitrogen and oxygen atoms in total. The lowest BCUT2D eigenvalue weighted by atomic mass is 9.89. The summed E-state index contributed by atoms with van der Waals surface area (Å²) in [5.41, 5.74) is 5.37. The maximum atomic E-state index is 12.4. The van der Waals surface area contributed by atoms with Crippen LogP contribution >= 0.6 is 0 Å². The molecular weight excluding hydrogens is 188 g/mol. The van der Waals surface area contributed by atoms with Crippen LogP contribution in [0.4, 0.5) is 8.78 Å². The fourth-order valence-electron chi connectivity index (χ4n) is 1.33. The van der Waals surface area contributed by atoms with Crippen molar-refractivity contribution in [3.8, 4) is 0 Å². The Balaban J connectivity index is 2.39. The Morgan fingerprint density at radius 1 is 1.43 bits per heavy atom. The normalized spacial score (nSPS) is 23.1. The van der Waals surface area contributed by atoms with Crippen molar-refractivity contribution in [2.75, 3.05) is 0 Å². The second-order valence-electron chi connectivity index (χ2n) is 4.81. The van der Waals surface area contributed by atoms with Crippen LogP contribution in [0.1, 0.15) is 33.6 Å². The summed E-state index contributed by atoms with van der Waals surface area (Å²) in [6.45, 7) is 5.81. The molecular formula is C9H17F2N3. The molecule has 0 aromatic rings. The Morgan fingerprint density at radius 3 is 2.29 bits per heavy atom. The van der Waals surface area contributed by atoms with E-state index in [1.165, 1.54) is 0 Å². The predicted molar refractivity (Wildman–Crippen MR) is 52.5 cm³/mol. The first-order chi connectivity index (χ1) is 6.18. The molecule has 0 atom stereocenters. The Morgan fingerprint density at radius 2 is 1.93 bits per heavy atom. The molecule has 0 unspecified atom stereocenters. The molecule has 1 aliphatic carbocycles. The van der Waals surface area contributed by atoms with Crippen molar-refractivity contribution in [2.24, 2.45) is 10.7 Å². The highest BCUT2D eigenvalue weighted by Crippen LogP contribution is 2.39. The zero-order valence-electron chi connectivity index (χ0n) is 8.77. The zero-order chi connectivity index (χ0) is 11.0. The van der Waals surface area contributed by atoms with E-state index >= 15 is 0 Å². The molecule has 1 rings (SSSR count). The van der Waals surface area contributed by atoms with Crippen molar-refractivity contribution in [3.05, 3.63) is 0 Å². The second kappa shape index (κ2) is 3.37. The average Bonchev–Trinajstić information content (AvgIpc) is 1.76. The van der Waals surface area contributed by atoms with E-state index < -0.39 is 5.92 Å². The van der Waals surface area contributed by atoms with E-state index in [0.717, 1.165) is 0 Å². The molecule has 14 heavy (non-hydrogen) atoms. The Labute approximate surface area is 82.8 Å². The molecule has 0 heterocycles. The average molecular weight is 205 g/mol. The van der Waals surface area contributed by atoms with Gasteiger partial charge in [0.25, 0.3) is 5.92 Å². The number of hydrogen-bond acceptors (Lipinski definition) is 1. The summed E-state index contributed by atoms with van der Waals surface area (Å²) in [6, 6.07) is -0.320. The van der Waals surface area contributed by atoms with Gasteiger partial charge in [-0.2, -0.15) is 0 Å². The molecule has 3 N–H and O–H groups in total. The summed E-state index contributed by atoms with van der Waals surface area (Å²) in [6.07, 6.45) is -0.362. The van der Waals surface area contributed by atoms with Crippen LogP contribution in [0.5, 0.6) is 0 Å². The van der Waals surface area contributed by atoms with E-state index in [1.807, 2.05) is 20.8 Å². The Bertz CT molecular complexity index is 235. The molecule has 0 aromatic carbocycles. The van der Waals surface area contributed by atoms with Gasteiger partial charge in [0, 0.05) is 18.4 Å². The van der Waals surface area contributed by atoms with Gasteiger partial charge in [0.05, 0.1) is 6.04 Å². The van der Waals surface area contributed by atoms with Crippen molar-refractivity contribution in [1.29, 1.82) is 0 Å². The summed E-state index contributed by atoms with van der Waals surface area (Å²) >= 11 is 0. The van der Waals surface area contributed by atoms with Gasteiger partial charge in [-0.3, -0.25) is 0 Å². The molecule has 0 aliphatic heterocycles. The highest BCUT2D eigenvalue weighted by atomic mass is 19.3. The van der Waals surface area contributed by atoms with Crippen LogP contribution in [0.25, 0.3) is 0 Å². The summed E-state index contributed by atoms with van der Waals surface area (Å²) < 4.78 is 24.9. The van der Waals surface area contributed by atoms with Gasteiger partial charge in [0.15, 0.2) is 5.96 Å². The molecule has 0 saturated heterocycles. The standard InChI is InChI=1S/C9H17F2N3/c1-8(2,3)14-7(12)13-6-4-9(10,11)5-6/h6H,4-5H2,1-3H3,(H3,12,13,14). The third-order valence-electron chi connectivity index (χ3n) is 1.89. The number of hydrogen-bond donors (Lipinski definition) is 2. The molecule has 0 aromatic heterocycles. The summed E-state index contributed by atoms with van der Waals surface area (Å²) in [5, 5.41) is 2.93. The van der Waals surface area contributed by atoms with E-state index in [4.69, 9.17) is 5.73 Å². The number of aliphatic imine (C=N–C) groups is 1. The quantitative estimate of drug-likeness (QED) is 0.503. The van der Waals surface area contributed by atoms with Crippen LogP contribution in [-0.4, -0.2) is 23.5 Å². The molecule has 1 saturated carbocycles. The third kappa shape index (κ3) is 3.47. The van der Waals surface area contributed by atoms with Crippen LogP contribution < -0.4 is 11.1 Å². The van der Waals surface area contributed by atoms with Crippen LogP contribution in [0.2, 0.25) is 0 Å². The summed E-state index contributed by atoms with van der Waals surface area (Å²) in [5.74, 6) is -2.28. The molecule has 0 bridgehead atoms. The second-order valence-corrected chi connectivity index (χ2v) is 4.81. The van der Waals surface area contributed by atoms with Crippen molar-refractivity contribution >= 4 is 5.96 Å². The largest absolute Gasteiger partial charge is 0.370 e. The number of rotatable bonds is 1. The van der Waals surface area contributed by atoms with E-state index in [-0.39, 0.29) is 30.4 Å². The number of nitrogens with zero attached hydrogens (tertiary/aromatic N) is 1. The minimum atomic E-state index is -2.53. The van der Waals surface area contributed by atoms with Gasteiger partial charge >= 0.3 is 0 Å². The minimum Gasteiger partial charge on any atom is -0.370 e. The van der Waals surface area contributed by atoms with E-state index in [2.05, 4.69) is 10.3 Å². The van der Waals surface area contributed by atoms with Gasteiger partial charge in [-0.25, -0.2) is 13.8 Å². The van der Waals surface area contributed by atoms with Crippen LogP contribution in [0, 0.1) is 0 Å². The number of halogens is 2. The lowest BCUT2D eigenvalue weighted by molar-refractivity contribution is -0.0834. The van der Waals surface area contributed by atoms with Gasteiger partial charge in [-0.1, -0.05) is 0 Å². The van der Waals surface area contributed by atoms with Crippen molar-refractivity contribution in [1.82, 2.24) is 5.32 Å². The molecule has 1 aliphatic rings. The monoisotopic (exact) mass is 205 g/mol. The van der Waals surface area contributed by atoms with Gasteiger partial charge in [0.2, 0.25) is 0 Å². The first-order valence-corrected chi connectivity index (χ1v) is 4.67. The third-order valence-corrected chi connectivity index (χ3v) is 1.89. The molecule has 1 fully saturated rings. The number of guanidine groups is 1. The van der Waals surface area contributed by atoms with Crippen LogP contribution in [0.15, 0.2) is 4.99 Å². The summed E-state index contributed by atoms with van der Waals surface area (Å²) in [4.78, 5) is 3.97. The van der Waals surface area contributed by atoms with Gasteiger partial charge < -0.3 is 11.1 Å². The minimum absolute atomic E-state index is 0.181. The predicted octanol–water partition coefficient (Wildman–Crippen LogP) is 1.49.